The molecular formula is C14H18F3NO. The summed E-state index contributed by atoms with van der Waals surface area (Å²) in [7, 11) is 3.59. The number of rotatable bonds is 5. The van der Waals surface area contributed by atoms with Crippen LogP contribution >= 0.6 is 0 Å². The van der Waals surface area contributed by atoms with Gasteiger partial charge in [0.25, 0.3) is 0 Å². The highest BCUT2D eigenvalue weighted by Crippen LogP contribution is 2.33. The Bertz CT molecular complexity index is 429. The minimum atomic E-state index is -4.34. The van der Waals surface area contributed by atoms with Gasteiger partial charge in [-0.15, -0.1) is 0 Å². The van der Waals surface area contributed by atoms with Crippen LogP contribution in [0.4, 0.5) is 13.2 Å². The molecule has 1 rings (SSSR count). The summed E-state index contributed by atoms with van der Waals surface area (Å²) in [6, 6.07) is 5.07. The van der Waals surface area contributed by atoms with Gasteiger partial charge in [-0.25, -0.2) is 0 Å². The molecular weight excluding hydrogens is 255 g/mol. The van der Waals surface area contributed by atoms with Crippen LogP contribution in [-0.2, 0) is 11.0 Å². The van der Waals surface area contributed by atoms with E-state index in [0.717, 1.165) is 18.4 Å². The van der Waals surface area contributed by atoms with Crippen LogP contribution in [0, 0.1) is 5.92 Å². The van der Waals surface area contributed by atoms with Crippen molar-refractivity contribution in [3.8, 4) is 0 Å². The molecule has 0 aliphatic rings. The maximum atomic E-state index is 12.7. The van der Waals surface area contributed by atoms with Crippen LogP contribution < -0.4 is 0 Å². The molecule has 0 N–H and O–H groups in total. The van der Waals surface area contributed by atoms with E-state index in [1.807, 2.05) is 4.90 Å². The Labute approximate surface area is 111 Å². The van der Waals surface area contributed by atoms with Crippen molar-refractivity contribution < 1.29 is 18.0 Å². The van der Waals surface area contributed by atoms with Crippen LogP contribution in [0.25, 0.3) is 0 Å². The third kappa shape index (κ3) is 4.35. The molecule has 106 valence electrons. The molecule has 1 aromatic carbocycles. The van der Waals surface area contributed by atoms with Gasteiger partial charge in [0.2, 0.25) is 0 Å². The third-order valence-corrected chi connectivity index (χ3v) is 3.05. The smallest absolute Gasteiger partial charge is 0.303 e. The van der Waals surface area contributed by atoms with E-state index in [4.69, 9.17) is 0 Å². The van der Waals surface area contributed by atoms with Gasteiger partial charge in [-0.2, -0.15) is 13.2 Å². The van der Waals surface area contributed by atoms with Crippen molar-refractivity contribution in [2.75, 3.05) is 14.1 Å². The number of carbonyl (C=O) groups excluding carboxylic acids is 1. The number of nitrogens with zero attached hydrogens (tertiary/aromatic N) is 1. The normalized spacial score (nSPS) is 15.3. The van der Waals surface area contributed by atoms with E-state index >= 15 is 0 Å². The number of hydrogen-bond donors (Lipinski definition) is 0. The number of hydrogen-bond acceptors (Lipinski definition) is 2. The van der Waals surface area contributed by atoms with Crippen molar-refractivity contribution in [2.45, 2.75) is 25.6 Å². The minimum Gasteiger partial charge on any atom is -0.303 e. The second-order valence-corrected chi connectivity index (χ2v) is 4.95. The maximum Gasteiger partial charge on any atom is 0.416 e. The van der Waals surface area contributed by atoms with Crippen molar-refractivity contribution in [1.29, 1.82) is 0 Å². The summed E-state index contributed by atoms with van der Waals surface area (Å²) in [6.45, 7) is 1.76. The van der Waals surface area contributed by atoms with E-state index in [1.165, 1.54) is 6.07 Å². The fraction of sp³-hybridized carbons (Fsp3) is 0.500. The van der Waals surface area contributed by atoms with Gasteiger partial charge >= 0.3 is 6.18 Å². The number of alkyl halides is 3. The number of aldehydes is 1. The lowest BCUT2D eigenvalue weighted by Crippen LogP contribution is -2.23. The summed E-state index contributed by atoms with van der Waals surface area (Å²) in [5, 5.41) is 0. The summed E-state index contributed by atoms with van der Waals surface area (Å²) >= 11 is 0. The van der Waals surface area contributed by atoms with Crippen LogP contribution in [-0.4, -0.2) is 25.3 Å². The van der Waals surface area contributed by atoms with Gasteiger partial charge in [0.05, 0.1) is 5.56 Å². The molecule has 1 unspecified atom stereocenters. The van der Waals surface area contributed by atoms with Gasteiger partial charge < -0.3 is 9.69 Å². The fourth-order valence-corrected chi connectivity index (χ4v) is 1.98. The van der Waals surface area contributed by atoms with Crippen molar-refractivity contribution in [1.82, 2.24) is 4.90 Å². The average molecular weight is 273 g/mol. The van der Waals surface area contributed by atoms with E-state index in [9.17, 15) is 18.0 Å². The van der Waals surface area contributed by atoms with Crippen molar-refractivity contribution in [2.24, 2.45) is 5.92 Å². The van der Waals surface area contributed by atoms with Crippen LogP contribution in [0.1, 0.15) is 30.5 Å². The van der Waals surface area contributed by atoms with Crippen LogP contribution in [0.15, 0.2) is 24.3 Å². The molecule has 0 radical (unpaired) electrons. The average Bonchev–Trinajstić information content (AvgIpc) is 2.34. The molecule has 0 amide bonds. The molecule has 5 heteroatoms. The molecule has 0 saturated heterocycles. The Hall–Kier alpha value is -1.36. The predicted octanol–water partition coefficient (Wildman–Crippen LogP) is 3.53. The lowest BCUT2D eigenvalue weighted by atomic mass is 9.94. The van der Waals surface area contributed by atoms with Gasteiger partial charge in [0, 0.05) is 12.0 Å². The summed E-state index contributed by atoms with van der Waals surface area (Å²) in [6.07, 6.45) is -3.02. The number of benzene rings is 1. The van der Waals surface area contributed by atoms with Gasteiger partial charge in [0.15, 0.2) is 0 Å². The van der Waals surface area contributed by atoms with Gasteiger partial charge in [-0.05, 0) is 38.2 Å². The van der Waals surface area contributed by atoms with E-state index < -0.39 is 11.7 Å². The summed E-state index contributed by atoms with van der Waals surface area (Å²) < 4.78 is 38.1. The monoisotopic (exact) mass is 273 g/mol. The highest BCUT2D eigenvalue weighted by Gasteiger charge is 2.31. The third-order valence-electron chi connectivity index (χ3n) is 3.05. The van der Waals surface area contributed by atoms with E-state index in [1.54, 1.807) is 27.1 Å². The Morgan fingerprint density at radius 3 is 2.42 bits per heavy atom. The van der Waals surface area contributed by atoms with Crippen LogP contribution in [0.5, 0.6) is 0 Å². The molecule has 19 heavy (non-hydrogen) atoms. The SMILES string of the molecule is C[C@@H](C=O)CC(c1cccc(C(F)(F)F)c1)N(C)C. The molecule has 0 bridgehead atoms. The van der Waals surface area contributed by atoms with E-state index in [-0.39, 0.29) is 12.0 Å². The Morgan fingerprint density at radius 2 is 1.95 bits per heavy atom. The Kier molecular flexibility index (Phi) is 5.11. The predicted molar refractivity (Wildman–Crippen MR) is 67.7 cm³/mol. The zero-order valence-electron chi connectivity index (χ0n) is 11.2. The summed E-state index contributed by atoms with van der Waals surface area (Å²) in [4.78, 5) is 12.6. The lowest BCUT2D eigenvalue weighted by Gasteiger charge is -2.26. The quantitative estimate of drug-likeness (QED) is 0.765. The molecule has 0 aliphatic heterocycles. The first kappa shape index (κ1) is 15.7. The first-order valence-corrected chi connectivity index (χ1v) is 6.04. The molecule has 0 aromatic heterocycles. The molecule has 0 fully saturated rings. The zero-order valence-corrected chi connectivity index (χ0v) is 11.2. The second kappa shape index (κ2) is 6.19. The Morgan fingerprint density at radius 1 is 1.32 bits per heavy atom. The standard InChI is InChI=1S/C14H18F3NO/c1-10(9-19)7-13(18(2)3)11-5-4-6-12(8-11)14(15,16)17/h4-6,8-10,13H,7H2,1-3H3/t10-,13?/m1/s1. The zero-order chi connectivity index (χ0) is 14.6. The number of halogens is 3. The lowest BCUT2D eigenvalue weighted by molar-refractivity contribution is -0.137. The summed E-state index contributed by atoms with van der Waals surface area (Å²) in [5.41, 5.74) is -0.0795. The van der Waals surface area contributed by atoms with Crippen molar-refractivity contribution in [3.05, 3.63) is 35.4 Å². The van der Waals surface area contributed by atoms with Gasteiger partial charge in [0.1, 0.15) is 6.29 Å². The highest BCUT2D eigenvalue weighted by atomic mass is 19.4. The maximum absolute atomic E-state index is 12.7. The molecule has 0 saturated carbocycles. The van der Waals surface area contributed by atoms with Crippen LogP contribution in [0.3, 0.4) is 0 Å². The first-order chi connectivity index (χ1) is 8.75. The fourth-order valence-electron chi connectivity index (χ4n) is 1.98. The number of carbonyl (C=O) groups is 1. The molecule has 0 heterocycles. The van der Waals surface area contributed by atoms with E-state index in [0.29, 0.717) is 12.0 Å². The molecule has 0 spiro atoms. The van der Waals surface area contributed by atoms with Gasteiger partial charge in [-0.3, -0.25) is 0 Å². The highest BCUT2D eigenvalue weighted by molar-refractivity contribution is 5.53. The topological polar surface area (TPSA) is 20.3 Å². The van der Waals surface area contributed by atoms with Crippen molar-refractivity contribution in [3.63, 3.8) is 0 Å². The van der Waals surface area contributed by atoms with Crippen molar-refractivity contribution >= 4 is 6.29 Å². The summed E-state index contributed by atoms with van der Waals surface area (Å²) in [5.74, 6) is -0.193. The largest absolute Gasteiger partial charge is 0.416 e. The second-order valence-electron chi connectivity index (χ2n) is 4.95. The van der Waals surface area contributed by atoms with E-state index in [2.05, 4.69) is 0 Å². The molecule has 2 atom stereocenters. The molecule has 0 aliphatic carbocycles. The molecule has 2 nitrogen and oxygen atoms in total. The first-order valence-electron chi connectivity index (χ1n) is 6.04. The Balaban J connectivity index is 3.06. The molecule has 1 aromatic rings. The van der Waals surface area contributed by atoms with Crippen LogP contribution in [0.2, 0.25) is 0 Å². The minimum absolute atomic E-state index is 0.193. The van der Waals surface area contributed by atoms with Gasteiger partial charge in [-0.1, -0.05) is 19.1 Å².